The number of nitrogen functional groups attached to an aromatic ring is 1. The van der Waals surface area contributed by atoms with Gasteiger partial charge in [-0.2, -0.15) is 0 Å². The van der Waals surface area contributed by atoms with Crippen LogP contribution in [0.1, 0.15) is 15.9 Å². The SMILES string of the molecule is COC(=O)c1ccc(Nc2ccc(C)cc2)c(N)c1. The van der Waals surface area contributed by atoms with Crippen molar-refractivity contribution in [3.05, 3.63) is 53.6 Å². The molecule has 0 aromatic heterocycles. The Hall–Kier alpha value is -2.49. The van der Waals surface area contributed by atoms with Gasteiger partial charge < -0.3 is 15.8 Å². The van der Waals surface area contributed by atoms with Crippen LogP contribution in [0, 0.1) is 6.92 Å². The van der Waals surface area contributed by atoms with Gasteiger partial charge in [0.25, 0.3) is 0 Å². The van der Waals surface area contributed by atoms with Crippen LogP contribution >= 0.6 is 0 Å². The molecule has 3 N–H and O–H groups in total. The predicted octanol–water partition coefficient (Wildman–Crippen LogP) is 3.11. The number of esters is 1. The maximum atomic E-state index is 11.4. The van der Waals surface area contributed by atoms with E-state index in [1.165, 1.54) is 12.7 Å². The molecular weight excluding hydrogens is 240 g/mol. The summed E-state index contributed by atoms with van der Waals surface area (Å²) in [6, 6.07) is 13.0. The number of aryl methyl sites for hydroxylation is 1. The van der Waals surface area contributed by atoms with Crippen LogP contribution in [0.4, 0.5) is 17.1 Å². The van der Waals surface area contributed by atoms with E-state index in [9.17, 15) is 4.79 Å². The van der Waals surface area contributed by atoms with E-state index in [-0.39, 0.29) is 0 Å². The van der Waals surface area contributed by atoms with E-state index >= 15 is 0 Å². The molecule has 0 radical (unpaired) electrons. The van der Waals surface area contributed by atoms with E-state index in [1.807, 2.05) is 31.2 Å². The maximum absolute atomic E-state index is 11.4. The number of hydrogen-bond acceptors (Lipinski definition) is 4. The number of ether oxygens (including phenoxy) is 1. The van der Waals surface area contributed by atoms with Crippen molar-refractivity contribution in [2.24, 2.45) is 0 Å². The second kappa shape index (κ2) is 5.44. The lowest BCUT2D eigenvalue weighted by atomic mass is 10.1. The highest BCUT2D eigenvalue weighted by Crippen LogP contribution is 2.24. The summed E-state index contributed by atoms with van der Waals surface area (Å²) in [5.41, 5.74) is 9.77. The summed E-state index contributed by atoms with van der Waals surface area (Å²) in [5, 5.41) is 3.21. The fraction of sp³-hybridized carbons (Fsp3) is 0.133. The molecule has 2 aromatic rings. The minimum Gasteiger partial charge on any atom is -0.465 e. The van der Waals surface area contributed by atoms with E-state index < -0.39 is 5.97 Å². The van der Waals surface area contributed by atoms with Gasteiger partial charge in [0, 0.05) is 5.69 Å². The van der Waals surface area contributed by atoms with E-state index in [0.29, 0.717) is 11.3 Å². The zero-order valence-corrected chi connectivity index (χ0v) is 10.9. The summed E-state index contributed by atoms with van der Waals surface area (Å²) < 4.78 is 4.65. The number of anilines is 3. The van der Waals surface area contributed by atoms with Crippen molar-refractivity contribution >= 4 is 23.0 Å². The standard InChI is InChI=1S/C15H16N2O2/c1-10-3-6-12(7-4-10)17-14-8-5-11(9-13(14)16)15(18)19-2/h3-9,17H,16H2,1-2H3. The van der Waals surface area contributed by atoms with Crippen LogP contribution in [0.3, 0.4) is 0 Å². The molecule has 0 spiro atoms. The highest BCUT2D eigenvalue weighted by atomic mass is 16.5. The maximum Gasteiger partial charge on any atom is 0.337 e. The van der Waals surface area contributed by atoms with Gasteiger partial charge in [-0.05, 0) is 37.3 Å². The van der Waals surface area contributed by atoms with Crippen LogP contribution in [0.25, 0.3) is 0 Å². The Morgan fingerprint density at radius 2 is 1.84 bits per heavy atom. The molecule has 0 aliphatic rings. The smallest absolute Gasteiger partial charge is 0.337 e. The van der Waals surface area contributed by atoms with E-state index in [2.05, 4.69) is 10.1 Å². The number of methoxy groups -OCH3 is 1. The third-order valence-corrected chi connectivity index (χ3v) is 2.80. The van der Waals surface area contributed by atoms with Gasteiger partial charge in [0.2, 0.25) is 0 Å². The predicted molar refractivity (Wildman–Crippen MR) is 76.7 cm³/mol. The first kappa shape index (κ1) is 13.0. The van der Waals surface area contributed by atoms with Crippen molar-refractivity contribution in [1.29, 1.82) is 0 Å². The lowest BCUT2D eigenvalue weighted by Gasteiger charge is -2.10. The number of nitrogens with one attached hydrogen (secondary N) is 1. The molecular formula is C15H16N2O2. The van der Waals surface area contributed by atoms with Gasteiger partial charge >= 0.3 is 5.97 Å². The van der Waals surface area contributed by atoms with Gasteiger partial charge in [0.1, 0.15) is 0 Å². The third-order valence-electron chi connectivity index (χ3n) is 2.80. The summed E-state index contributed by atoms with van der Waals surface area (Å²) in [7, 11) is 1.34. The van der Waals surface area contributed by atoms with Gasteiger partial charge in [0.05, 0.1) is 24.0 Å². The zero-order valence-electron chi connectivity index (χ0n) is 10.9. The minimum atomic E-state index is -0.395. The van der Waals surface area contributed by atoms with Gasteiger partial charge in [-0.15, -0.1) is 0 Å². The number of rotatable bonds is 3. The Labute approximate surface area is 112 Å². The van der Waals surface area contributed by atoms with E-state index in [1.54, 1.807) is 18.2 Å². The second-order valence-electron chi connectivity index (χ2n) is 4.28. The number of nitrogens with two attached hydrogens (primary N) is 1. The molecule has 0 unspecified atom stereocenters. The Kier molecular flexibility index (Phi) is 3.71. The number of benzene rings is 2. The molecule has 4 nitrogen and oxygen atoms in total. The van der Waals surface area contributed by atoms with Crippen LogP contribution < -0.4 is 11.1 Å². The quantitative estimate of drug-likeness (QED) is 0.654. The minimum absolute atomic E-state index is 0.395. The summed E-state index contributed by atoms with van der Waals surface area (Å²) in [6.45, 7) is 2.03. The molecule has 0 saturated carbocycles. The van der Waals surface area contributed by atoms with Crippen molar-refractivity contribution in [3.63, 3.8) is 0 Å². The fourth-order valence-electron chi connectivity index (χ4n) is 1.71. The van der Waals surface area contributed by atoms with Crippen LogP contribution in [-0.4, -0.2) is 13.1 Å². The molecule has 0 atom stereocenters. The summed E-state index contributed by atoms with van der Waals surface area (Å²) in [5.74, 6) is -0.395. The monoisotopic (exact) mass is 256 g/mol. The Bertz CT molecular complexity index is 592. The molecule has 0 aliphatic carbocycles. The second-order valence-corrected chi connectivity index (χ2v) is 4.28. The molecule has 2 rings (SSSR count). The van der Waals surface area contributed by atoms with Crippen LogP contribution in [0.15, 0.2) is 42.5 Å². The molecule has 19 heavy (non-hydrogen) atoms. The third kappa shape index (κ3) is 3.04. The lowest BCUT2D eigenvalue weighted by molar-refractivity contribution is 0.0601. The van der Waals surface area contributed by atoms with Gasteiger partial charge in [-0.25, -0.2) is 4.79 Å². The molecule has 0 fully saturated rings. The summed E-state index contributed by atoms with van der Waals surface area (Å²) in [4.78, 5) is 11.4. The van der Waals surface area contributed by atoms with Crippen molar-refractivity contribution < 1.29 is 9.53 Å². The Morgan fingerprint density at radius 1 is 1.16 bits per heavy atom. The number of hydrogen-bond donors (Lipinski definition) is 2. The zero-order chi connectivity index (χ0) is 13.8. The average molecular weight is 256 g/mol. The van der Waals surface area contributed by atoms with Gasteiger partial charge in [-0.3, -0.25) is 0 Å². The van der Waals surface area contributed by atoms with Crippen molar-refractivity contribution in [1.82, 2.24) is 0 Å². The molecule has 0 saturated heterocycles. The van der Waals surface area contributed by atoms with Crippen molar-refractivity contribution in [2.75, 3.05) is 18.2 Å². The average Bonchev–Trinajstić information content (AvgIpc) is 2.42. The highest BCUT2D eigenvalue weighted by molar-refractivity contribution is 5.92. The summed E-state index contributed by atoms with van der Waals surface area (Å²) in [6.07, 6.45) is 0. The van der Waals surface area contributed by atoms with Crippen molar-refractivity contribution in [3.8, 4) is 0 Å². The molecule has 0 bridgehead atoms. The molecule has 0 aliphatic heterocycles. The van der Waals surface area contributed by atoms with E-state index in [4.69, 9.17) is 5.73 Å². The first-order valence-corrected chi connectivity index (χ1v) is 5.91. The molecule has 4 heteroatoms. The Balaban J connectivity index is 2.22. The largest absolute Gasteiger partial charge is 0.465 e. The lowest BCUT2D eigenvalue weighted by Crippen LogP contribution is -2.03. The van der Waals surface area contributed by atoms with Crippen LogP contribution in [-0.2, 0) is 4.74 Å². The number of carbonyl (C=O) groups excluding carboxylic acids is 1. The summed E-state index contributed by atoms with van der Waals surface area (Å²) >= 11 is 0. The van der Waals surface area contributed by atoms with Crippen LogP contribution in [0.2, 0.25) is 0 Å². The van der Waals surface area contributed by atoms with Crippen molar-refractivity contribution in [2.45, 2.75) is 6.92 Å². The Morgan fingerprint density at radius 3 is 2.42 bits per heavy atom. The molecule has 2 aromatic carbocycles. The topological polar surface area (TPSA) is 64.3 Å². The van der Waals surface area contributed by atoms with E-state index in [0.717, 1.165) is 11.4 Å². The molecule has 0 heterocycles. The highest BCUT2D eigenvalue weighted by Gasteiger charge is 2.08. The normalized spacial score (nSPS) is 10.0. The first-order valence-electron chi connectivity index (χ1n) is 5.91. The number of carbonyl (C=O) groups is 1. The van der Waals surface area contributed by atoms with Crippen LogP contribution in [0.5, 0.6) is 0 Å². The molecule has 0 amide bonds. The first-order chi connectivity index (χ1) is 9.10. The van der Waals surface area contributed by atoms with Gasteiger partial charge in [-0.1, -0.05) is 17.7 Å². The fourth-order valence-corrected chi connectivity index (χ4v) is 1.71. The van der Waals surface area contributed by atoms with Gasteiger partial charge in [0.15, 0.2) is 0 Å². The molecule has 98 valence electrons.